The Bertz CT molecular complexity index is 1310. The first kappa shape index (κ1) is 23.7. The van der Waals surface area contributed by atoms with E-state index in [0.717, 1.165) is 23.3 Å². The topological polar surface area (TPSA) is 91.8 Å². The first-order chi connectivity index (χ1) is 16.8. The predicted molar refractivity (Wildman–Crippen MR) is 128 cm³/mol. The van der Waals surface area contributed by atoms with Crippen molar-refractivity contribution in [1.82, 2.24) is 15.0 Å². The minimum absolute atomic E-state index is 0.0376. The summed E-state index contributed by atoms with van der Waals surface area (Å²) in [6.07, 6.45) is 2.16. The summed E-state index contributed by atoms with van der Waals surface area (Å²) < 4.78 is 38.7. The van der Waals surface area contributed by atoms with Gasteiger partial charge in [0.15, 0.2) is 0 Å². The van der Waals surface area contributed by atoms with Gasteiger partial charge in [-0.15, -0.1) is 0 Å². The van der Waals surface area contributed by atoms with Gasteiger partial charge in [0.25, 0.3) is 0 Å². The molecule has 0 saturated carbocycles. The molecule has 0 saturated heterocycles. The van der Waals surface area contributed by atoms with Crippen molar-refractivity contribution in [2.45, 2.75) is 19.1 Å². The van der Waals surface area contributed by atoms with E-state index in [-0.39, 0.29) is 11.7 Å². The summed E-state index contributed by atoms with van der Waals surface area (Å²) in [5, 5.41) is 8.35. The number of alkyl halides is 3. The molecule has 0 spiro atoms. The smallest absolute Gasteiger partial charge is 0.362 e. The molecule has 0 unspecified atom stereocenters. The number of carbonyl (C=O) groups is 1. The van der Waals surface area contributed by atoms with Gasteiger partial charge < -0.3 is 16.0 Å². The third-order valence-corrected chi connectivity index (χ3v) is 5.05. The third-order valence-electron chi connectivity index (χ3n) is 5.05. The molecule has 0 bridgehead atoms. The van der Waals surface area contributed by atoms with Crippen LogP contribution < -0.4 is 16.0 Å². The summed E-state index contributed by atoms with van der Waals surface area (Å²) in [5.74, 6) is 0.569. The third kappa shape index (κ3) is 6.32. The molecule has 4 aromatic rings. The average Bonchev–Trinajstić information content (AvgIpc) is 2.84. The van der Waals surface area contributed by atoms with Crippen LogP contribution in [0.25, 0.3) is 11.3 Å². The van der Waals surface area contributed by atoms with Crippen molar-refractivity contribution >= 4 is 23.2 Å². The van der Waals surface area contributed by atoms with Crippen molar-refractivity contribution in [3.63, 3.8) is 0 Å². The minimum atomic E-state index is -4.49. The molecule has 3 N–H and O–H groups in total. The summed E-state index contributed by atoms with van der Waals surface area (Å²) >= 11 is 0. The Hall–Kier alpha value is -4.47. The molecule has 1 atom stereocenters. The molecule has 35 heavy (non-hydrogen) atoms. The summed E-state index contributed by atoms with van der Waals surface area (Å²) in [4.78, 5) is 25.3. The highest BCUT2D eigenvalue weighted by molar-refractivity contribution is 5.99. The summed E-state index contributed by atoms with van der Waals surface area (Å²) in [5.41, 5.74) is 2.06. The van der Waals surface area contributed by atoms with E-state index in [1.54, 1.807) is 43.0 Å². The highest BCUT2D eigenvalue weighted by Gasteiger charge is 2.30. The van der Waals surface area contributed by atoms with Gasteiger partial charge in [0.05, 0.1) is 29.7 Å². The Kier molecular flexibility index (Phi) is 6.91. The summed E-state index contributed by atoms with van der Waals surface area (Å²) in [6, 6.07) is 14.4. The van der Waals surface area contributed by atoms with Crippen LogP contribution in [0, 0.1) is 0 Å². The fourth-order valence-corrected chi connectivity index (χ4v) is 3.35. The number of aromatic nitrogens is 3. The van der Waals surface area contributed by atoms with Crippen LogP contribution in [-0.4, -0.2) is 21.0 Å². The fraction of sp³-hybridized carbons (Fsp3) is 0.120. The number of nitrogens with zero attached hydrogens (tertiary/aromatic N) is 3. The number of pyridine rings is 1. The van der Waals surface area contributed by atoms with Crippen molar-refractivity contribution in [1.29, 1.82) is 0 Å². The number of halogens is 3. The van der Waals surface area contributed by atoms with E-state index in [1.807, 2.05) is 25.1 Å². The molecular weight excluding hydrogens is 457 g/mol. The molecule has 10 heteroatoms. The number of rotatable bonds is 6. The number of benzene rings is 2. The minimum Gasteiger partial charge on any atom is -0.362 e. The van der Waals surface area contributed by atoms with E-state index >= 15 is 0 Å². The van der Waals surface area contributed by atoms with Gasteiger partial charge in [-0.25, -0.2) is 9.78 Å². The number of hydrogen-bond donors (Lipinski definition) is 3. The maximum absolute atomic E-state index is 12.9. The molecule has 0 radical (unpaired) electrons. The lowest BCUT2D eigenvalue weighted by Crippen LogP contribution is -2.20. The molecule has 4 rings (SSSR count). The number of anilines is 3. The van der Waals surface area contributed by atoms with Crippen LogP contribution >= 0.6 is 0 Å². The number of carbonyl (C=O) groups excluding carboxylic acids is 1. The number of hydrogen-bond acceptors (Lipinski definition) is 5. The molecule has 2 amide bonds. The molecule has 2 heterocycles. The fourth-order valence-electron chi connectivity index (χ4n) is 3.35. The average molecular weight is 478 g/mol. The van der Waals surface area contributed by atoms with Crippen LogP contribution in [0.1, 0.15) is 24.1 Å². The van der Waals surface area contributed by atoms with E-state index in [1.165, 1.54) is 12.1 Å². The monoisotopic (exact) mass is 478 g/mol. The summed E-state index contributed by atoms with van der Waals surface area (Å²) in [6.45, 7) is 1.93. The van der Waals surface area contributed by atoms with Crippen LogP contribution in [0.2, 0.25) is 0 Å². The van der Waals surface area contributed by atoms with Gasteiger partial charge in [-0.2, -0.15) is 13.2 Å². The quantitative estimate of drug-likeness (QED) is 0.299. The lowest BCUT2D eigenvalue weighted by atomic mass is 10.1. The molecule has 0 aliphatic rings. The van der Waals surface area contributed by atoms with Gasteiger partial charge in [-0.1, -0.05) is 18.2 Å². The Morgan fingerprint density at radius 3 is 2.34 bits per heavy atom. The molecular formula is C25H21F3N6O. The van der Waals surface area contributed by atoms with Crippen molar-refractivity contribution < 1.29 is 18.0 Å². The van der Waals surface area contributed by atoms with Gasteiger partial charge in [0, 0.05) is 29.3 Å². The lowest BCUT2D eigenvalue weighted by Gasteiger charge is -2.17. The number of amides is 2. The van der Waals surface area contributed by atoms with Crippen LogP contribution in [0.15, 0.2) is 85.5 Å². The Morgan fingerprint density at radius 2 is 1.63 bits per heavy atom. The van der Waals surface area contributed by atoms with E-state index in [9.17, 15) is 18.0 Å². The van der Waals surface area contributed by atoms with Gasteiger partial charge in [0.1, 0.15) is 5.82 Å². The molecule has 178 valence electrons. The van der Waals surface area contributed by atoms with Gasteiger partial charge >= 0.3 is 12.2 Å². The standard InChI is InChI=1S/C25H21F3N6O/c1-16(31-23-15-30-14-22(34-23)18-6-4-10-29-13-18)17-5-2-8-20(11-17)32-24(35)33-21-9-3-7-19(12-21)25(26,27)28/h2-16H,1H3,(H,31,34)(H2,32,33,35)/t16-/m0/s1. The van der Waals surface area contributed by atoms with E-state index < -0.39 is 17.8 Å². The maximum Gasteiger partial charge on any atom is 0.416 e. The maximum atomic E-state index is 12.9. The van der Waals surface area contributed by atoms with Crippen molar-refractivity contribution in [2.75, 3.05) is 16.0 Å². The van der Waals surface area contributed by atoms with E-state index in [2.05, 4.69) is 30.9 Å². The first-order valence-electron chi connectivity index (χ1n) is 10.6. The molecule has 0 fully saturated rings. The van der Waals surface area contributed by atoms with E-state index in [4.69, 9.17) is 0 Å². The zero-order valence-corrected chi connectivity index (χ0v) is 18.5. The second kappa shape index (κ2) is 10.2. The van der Waals surface area contributed by atoms with Crippen LogP contribution in [0.3, 0.4) is 0 Å². The lowest BCUT2D eigenvalue weighted by molar-refractivity contribution is -0.137. The Labute approximate surface area is 199 Å². The second-order valence-corrected chi connectivity index (χ2v) is 7.68. The SMILES string of the molecule is C[C@H](Nc1cncc(-c2cccnc2)n1)c1cccc(NC(=O)Nc2cccc(C(F)(F)F)c2)c1. The largest absolute Gasteiger partial charge is 0.416 e. The van der Waals surface area contributed by atoms with Crippen LogP contribution in [0.4, 0.5) is 35.2 Å². The van der Waals surface area contributed by atoms with Gasteiger partial charge in [-0.3, -0.25) is 9.97 Å². The van der Waals surface area contributed by atoms with Crippen molar-refractivity contribution in [3.05, 3.63) is 96.6 Å². The Morgan fingerprint density at radius 1 is 0.886 bits per heavy atom. The normalized spacial score (nSPS) is 12.0. The van der Waals surface area contributed by atoms with Gasteiger partial charge in [-0.05, 0) is 55.0 Å². The molecule has 2 aromatic carbocycles. The molecule has 0 aliphatic heterocycles. The summed E-state index contributed by atoms with van der Waals surface area (Å²) in [7, 11) is 0. The highest BCUT2D eigenvalue weighted by Crippen LogP contribution is 2.30. The Balaban J connectivity index is 1.41. The predicted octanol–water partition coefficient (Wildman–Crippen LogP) is 6.37. The highest BCUT2D eigenvalue weighted by atomic mass is 19.4. The first-order valence-corrected chi connectivity index (χ1v) is 10.6. The van der Waals surface area contributed by atoms with Crippen LogP contribution in [-0.2, 0) is 6.18 Å². The van der Waals surface area contributed by atoms with Crippen molar-refractivity contribution in [3.8, 4) is 11.3 Å². The van der Waals surface area contributed by atoms with E-state index in [0.29, 0.717) is 17.2 Å². The zero-order valence-electron chi connectivity index (χ0n) is 18.5. The number of nitrogens with one attached hydrogen (secondary N) is 3. The molecule has 2 aromatic heterocycles. The number of urea groups is 1. The van der Waals surface area contributed by atoms with Gasteiger partial charge in [0.2, 0.25) is 0 Å². The van der Waals surface area contributed by atoms with Crippen molar-refractivity contribution in [2.24, 2.45) is 0 Å². The molecule has 7 nitrogen and oxygen atoms in total. The van der Waals surface area contributed by atoms with Crippen LogP contribution in [0.5, 0.6) is 0 Å². The zero-order chi connectivity index (χ0) is 24.8. The second-order valence-electron chi connectivity index (χ2n) is 7.68. The molecule has 0 aliphatic carbocycles.